The van der Waals surface area contributed by atoms with E-state index in [4.69, 9.17) is 0 Å². The van der Waals surface area contributed by atoms with Gasteiger partial charge in [0, 0.05) is 18.4 Å². The second-order valence-electron chi connectivity index (χ2n) is 6.70. The number of hydrogen-bond acceptors (Lipinski definition) is 3. The van der Waals surface area contributed by atoms with Gasteiger partial charge in [0.1, 0.15) is 12.7 Å². The average molecular weight is 310 g/mol. The molecule has 120 valence electrons. The molecule has 2 fully saturated rings. The fraction of sp³-hybridized carbons (Fsp3) is 0.500. The smallest absolute Gasteiger partial charge is 0.222 e. The molecule has 4 atom stereocenters. The zero-order chi connectivity index (χ0) is 15.6. The number of nitrogens with zero attached hydrogens (tertiary/aromatic N) is 3. The fourth-order valence-corrected chi connectivity index (χ4v) is 4.45. The summed E-state index contributed by atoms with van der Waals surface area (Å²) in [5.41, 5.74) is 1.37. The highest BCUT2D eigenvalue weighted by Crippen LogP contribution is 2.55. The molecule has 1 aromatic carbocycles. The Hall–Kier alpha value is -2.17. The molecule has 2 saturated carbocycles. The van der Waals surface area contributed by atoms with Crippen LogP contribution in [0.1, 0.15) is 37.2 Å². The van der Waals surface area contributed by atoms with Gasteiger partial charge in [-0.3, -0.25) is 9.48 Å². The second-order valence-corrected chi connectivity index (χ2v) is 6.70. The number of hydrogen-bond donors (Lipinski definition) is 1. The van der Waals surface area contributed by atoms with Crippen molar-refractivity contribution >= 4 is 5.91 Å². The molecule has 1 N–H and O–H groups in total. The molecule has 23 heavy (non-hydrogen) atoms. The van der Waals surface area contributed by atoms with E-state index >= 15 is 0 Å². The minimum Gasteiger partial charge on any atom is -0.352 e. The van der Waals surface area contributed by atoms with Crippen LogP contribution in [0.15, 0.2) is 43.0 Å². The number of aryl methyl sites for hydroxylation is 1. The van der Waals surface area contributed by atoms with Crippen LogP contribution < -0.4 is 5.32 Å². The third-order valence-electron chi connectivity index (χ3n) is 5.48. The van der Waals surface area contributed by atoms with Crippen molar-refractivity contribution in [2.75, 3.05) is 0 Å². The lowest BCUT2D eigenvalue weighted by molar-refractivity contribution is -0.124. The summed E-state index contributed by atoms with van der Waals surface area (Å²) in [6.45, 7) is 0.586. The van der Waals surface area contributed by atoms with Crippen LogP contribution >= 0.6 is 0 Å². The van der Waals surface area contributed by atoms with Gasteiger partial charge in [0.25, 0.3) is 0 Å². The minimum absolute atomic E-state index is 0.122. The van der Waals surface area contributed by atoms with Crippen LogP contribution in [-0.4, -0.2) is 26.7 Å². The monoisotopic (exact) mass is 310 g/mol. The van der Waals surface area contributed by atoms with Crippen molar-refractivity contribution in [2.45, 2.75) is 44.2 Å². The fourth-order valence-electron chi connectivity index (χ4n) is 4.45. The number of amides is 1. The van der Waals surface area contributed by atoms with Crippen LogP contribution in [0.5, 0.6) is 0 Å². The Bertz CT molecular complexity index is 655. The molecular weight excluding hydrogens is 288 g/mol. The quantitative estimate of drug-likeness (QED) is 0.922. The van der Waals surface area contributed by atoms with Crippen LogP contribution in [0.25, 0.3) is 0 Å². The molecule has 2 aromatic rings. The Morgan fingerprint density at radius 3 is 2.83 bits per heavy atom. The van der Waals surface area contributed by atoms with E-state index in [1.165, 1.54) is 31.2 Å². The SMILES string of the molecule is O=C(CCn1cncn1)N[C@@H]1[C@@H]2CCC[C@H]2[C@@H]1c1ccccc1. The summed E-state index contributed by atoms with van der Waals surface area (Å²) in [5.74, 6) is 2.02. The Morgan fingerprint density at radius 2 is 2.04 bits per heavy atom. The molecule has 2 aliphatic carbocycles. The van der Waals surface area contributed by atoms with Gasteiger partial charge in [0.15, 0.2) is 0 Å². The third kappa shape index (κ3) is 2.76. The van der Waals surface area contributed by atoms with Gasteiger partial charge >= 0.3 is 0 Å². The van der Waals surface area contributed by atoms with Crippen molar-refractivity contribution < 1.29 is 4.79 Å². The summed E-state index contributed by atoms with van der Waals surface area (Å²) in [6.07, 6.45) is 7.45. The molecule has 0 radical (unpaired) electrons. The van der Waals surface area contributed by atoms with Gasteiger partial charge in [-0.1, -0.05) is 36.8 Å². The van der Waals surface area contributed by atoms with Gasteiger partial charge in [-0.25, -0.2) is 4.98 Å². The van der Waals surface area contributed by atoms with E-state index < -0.39 is 0 Å². The Balaban J connectivity index is 1.41. The Morgan fingerprint density at radius 1 is 1.22 bits per heavy atom. The maximum atomic E-state index is 12.3. The van der Waals surface area contributed by atoms with E-state index in [2.05, 4.69) is 45.7 Å². The highest BCUT2D eigenvalue weighted by molar-refractivity contribution is 5.76. The van der Waals surface area contributed by atoms with E-state index in [1.807, 2.05) is 0 Å². The Labute approximate surface area is 136 Å². The molecule has 0 saturated heterocycles. The predicted octanol–water partition coefficient (Wildman–Crippen LogP) is 2.37. The largest absolute Gasteiger partial charge is 0.352 e. The van der Waals surface area contributed by atoms with Crippen molar-refractivity contribution in [3.63, 3.8) is 0 Å². The van der Waals surface area contributed by atoms with Crippen LogP contribution in [0, 0.1) is 11.8 Å². The topological polar surface area (TPSA) is 59.8 Å². The summed E-state index contributed by atoms with van der Waals surface area (Å²) >= 11 is 0. The van der Waals surface area contributed by atoms with Crippen LogP contribution in [0.4, 0.5) is 0 Å². The number of fused-ring (bicyclic) bond motifs is 1. The summed E-state index contributed by atoms with van der Waals surface area (Å²) in [5, 5.41) is 7.34. The second kappa shape index (κ2) is 6.14. The zero-order valence-corrected chi connectivity index (χ0v) is 13.1. The summed E-state index contributed by atoms with van der Waals surface area (Å²) in [4.78, 5) is 16.2. The van der Waals surface area contributed by atoms with E-state index in [0.717, 1.165) is 5.92 Å². The summed E-state index contributed by atoms with van der Waals surface area (Å²) in [6, 6.07) is 11.0. The van der Waals surface area contributed by atoms with E-state index in [0.29, 0.717) is 30.8 Å². The van der Waals surface area contributed by atoms with Crippen molar-refractivity contribution in [2.24, 2.45) is 11.8 Å². The molecule has 1 heterocycles. The van der Waals surface area contributed by atoms with Crippen LogP contribution in [-0.2, 0) is 11.3 Å². The molecule has 0 aliphatic heterocycles. The third-order valence-corrected chi connectivity index (χ3v) is 5.48. The first kappa shape index (κ1) is 14.4. The van der Waals surface area contributed by atoms with Gasteiger partial charge < -0.3 is 5.32 Å². The lowest BCUT2D eigenvalue weighted by Gasteiger charge is -2.49. The molecule has 2 aliphatic rings. The first-order valence-electron chi connectivity index (χ1n) is 8.49. The van der Waals surface area contributed by atoms with E-state index in [9.17, 15) is 4.79 Å². The predicted molar refractivity (Wildman–Crippen MR) is 86.6 cm³/mol. The molecule has 0 bridgehead atoms. The van der Waals surface area contributed by atoms with Crippen molar-refractivity contribution in [1.82, 2.24) is 20.1 Å². The zero-order valence-electron chi connectivity index (χ0n) is 13.1. The molecule has 1 amide bonds. The molecule has 5 nitrogen and oxygen atoms in total. The van der Waals surface area contributed by atoms with E-state index in [-0.39, 0.29) is 5.91 Å². The normalized spacial score (nSPS) is 28.9. The molecule has 0 spiro atoms. The molecule has 1 aromatic heterocycles. The number of rotatable bonds is 5. The molecule has 0 unspecified atom stereocenters. The number of carbonyl (C=O) groups is 1. The maximum absolute atomic E-state index is 12.3. The molecule has 5 heteroatoms. The average Bonchev–Trinajstić information content (AvgIpc) is 3.22. The maximum Gasteiger partial charge on any atom is 0.222 e. The Kier molecular flexibility index (Phi) is 3.85. The molecular formula is C18H22N4O. The highest BCUT2D eigenvalue weighted by Gasteiger charge is 2.53. The van der Waals surface area contributed by atoms with Gasteiger partial charge in [-0.2, -0.15) is 5.10 Å². The standard InChI is InChI=1S/C18H22N4O/c23-16(9-10-22-12-19-11-20-22)21-18-15-8-4-7-14(15)17(18)13-5-2-1-3-6-13/h1-3,5-6,11-12,14-15,17-18H,4,7-10H2,(H,21,23)/t14-,15-,17+,18-/m1/s1. The van der Waals surface area contributed by atoms with Crippen molar-refractivity contribution in [1.29, 1.82) is 0 Å². The first-order chi connectivity index (χ1) is 11.3. The number of benzene rings is 1. The summed E-state index contributed by atoms with van der Waals surface area (Å²) < 4.78 is 1.70. The van der Waals surface area contributed by atoms with Gasteiger partial charge in [-0.05, 0) is 30.2 Å². The summed E-state index contributed by atoms with van der Waals surface area (Å²) in [7, 11) is 0. The van der Waals surface area contributed by atoms with Crippen LogP contribution in [0.2, 0.25) is 0 Å². The van der Waals surface area contributed by atoms with Crippen molar-refractivity contribution in [3.05, 3.63) is 48.5 Å². The van der Waals surface area contributed by atoms with Crippen LogP contribution in [0.3, 0.4) is 0 Å². The first-order valence-corrected chi connectivity index (χ1v) is 8.49. The lowest BCUT2D eigenvalue weighted by Crippen LogP contribution is -2.56. The lowest BCUT2D eigenvalue weighted by atomic mass is 9.60. The van der Waals surface area contributed by atoms with Crippen molar-refractivity contribution in [3.8, 4) is 0 Å². The van der Waals surface area contributed by atoms with E-state index in [1.54, 1.807) is 11.0 Å². The number of nitrogens with one attached hydrogen (secondary N) is 1. The highest BCUT2D eigenvalue weighted by atomic mass is 16.1. The van der Waals surface area contributed by atoms with Gasteiger partial charge in [0.2, 0.25) is 5.91 Å². The minimum atomic E-state index is 0.122. The number of carbonyl (C=O) groups excluding carboxylic acids is 1. The number of aromatic nitrogens is 3. The molecule has 4 rings (SSSR count). The van der Waals surface area contributed by atoms with Gasteiger partial charge in [0.05, 0.1) is 6.54 Å². The van der Waals surface area contributed by atoms with Gasteiger partial charge in [-0.15, -0.1) is 0 Å².